The quantitative estimate of drug-likeness (QED) is 0.894. The highest BCUT2D eigenvalue weighted by Gasteiger charge is 2.30. The first-order valence-electron chi connectivity index (χ1n) is 7.05. The van der Waals surface area contributed by atoms with Gasteiger partial charge >= 0.3 is 6.18 Å². The van der Waals surface area contributed by atoms with Crippen LogP contribution < -0.4 is 10.9 Å². The molecule has 2 N–H and O–H groups in total. The summed E-state index contributed by atoms with van der Waals surface area (Å²) in [5.41, 5.74) is -1.37. The second kappa shape index (κ2) is 6.88. The van der Waals surface area contributed by atoms with Gasteiger partial charge in [-0.25, -0.2) is 0 Å². The number of alkyl halides is 3. The van der Waals surface area contributed by atoms with Crippen molar-refractivity contribution in [2.75, 3.05) is 6.54 Å². The van der Waals surface area contributed by atoms with Crippen LogP contribution in [0.25, 0.3) is 5.69 Å². The number of halogens is 3. The van der Waals surface area contributed by atoms with Gasteiger partial charge in [0.15, 0.2) is 0 Å². The van der Waals surface area contributed by atoms with Crippen molar-refractivity contribution >= 4 is 5.91 Å². The van der Waals surface area contributed by atoms with Crippen LogP contribution >= 0.6 is 0 Å². The highest BCUT2D eigenvalue weighted by atomic mass is 19.4. The molecular formula is C16H15F3N2O3. The van der Waals surface area contributed by atoms with Gasteiger partial charge in [-0.1, -0.05) is 6.07 Å². The number of carbonyl (C=O) groups excluding carboxylic acids is 1. The Balaban J connectivity index is 2.39. The molecule has 5 nitrogen and oxygen atoms in total. The fourth-order valence-corrected chi connectivity index (χ4v) is 2.00. The third kappa shape index (κ3) is 4.23. The number of aliphatic hydroxyl groups is 1. The molecule has 0 aliphatic heterocycles. The maximum atomic E-state index is 12.8. The molecule has 0 aliphatic rings. The van der Waals surface area contributed by atoms with E-state index in [2.05, 4.69) is 5.32 Å². The third-order valence-corrected chi connectivity index (χ3v) is 3.18. The minimum absolute atomic E-state index is 0.00000115. The van der Waals surface area contributed by atoms with Crippen LogP contribution in [0.5, 0.6) is 0 Å². The van der Waals surface area contributed by atoms with Gasteiger partial charge in [-0.2, -0.15) is 13.2 Å². The molecule has 0 radical (unpaired) electrons. The normalized spacial score (nSPS) is 12.7. The van der Waals surface area contributed by atoms with E-state index < -0.39 is 29.3 Å². The van der Waals surface area contributed by atoms with Gasteiger partial charge < -0.3 is 10.4 Å². The van der Waals surface area contributed by atoms with Gasteiger partial charge in [0.2, 0.25) is 0 Å². The predicted octanol–water partition coefficient (Wildman–Crippen LogP) is 1.97. The Morgan fingerprint density at radius 2 is 2.00 bits per heavy atom. The van der Waals surface area contributed by atoms with E-state index in [0.717, 1.165) is 29.0 Å². The van der Waals surface area contributed by atoms with Crippen LogP contribution in [0.3, 0.4) is 0 Å². The maximum absolute atomic E-state index is 12.8. The average molecular weight is 340 g/mol. The lowest BCUT2D eigenvalue weighted by molar-refractivity contribution is -0.137. The van der Waals surface area contributed by atoms with Crippen molar-refractivity contribution in [3.05, 3.63) is 64.1 Å². The summed E-state index contributed by atoms with van der Waals surface area (Å²) in [7, 11) is 0. The summed E-state index contributed by atoms with van der Waals surface area (Å²) < 4.78 is 39.3. The average Bonchev–Trinajstić information content (AvgIpc) is 2.52. The number of hydrogen-bond acceptors (Lipinski definition) is 3. The van der Waals surface area contributed by atoms with Crippen molar-refractivity contribution in [2.24, 2.45) is 0 Å². The van der Waals surface area contributed by atoms with E-state index in [1.807, 2.05) is 0 Å². The number of nitrogens with zero attached hydrogens (tertiary/aromatic N) is 1. The zero-order chi connectivity index (χ0) is 17.9. The smallest absolute Gasteiger partial charge is 0.392 e. The standard InChI is InChI=1S/C16H15F3N2O3/c1-10(22)8-20-15(24)11-5-6-14(23)21(9-11)13-4-2-3-12(7-13)16(17,18)19/h2-7,9-10,22H,8H2,1H3,(H,20,24). The molecule has 1 aromatic carbocycles. The van der Waals surface area contributed by atoms with Gasteiger partial charge in [0.05, 0.1) is 17.2 Å². The van der Waals surface area contributed by atoms with Gasteiger partial charge in [-0.05, 0) is 31.2 Å². The first kappa shape index (κ1) is 17.7. The Bertz CT molecular complexity index is 798. The summed E-state index contributed by atoms with van der Waals surface area (Å²) in [4.78, 5) is 23.9. The van der Waals surface area contributed by atoms with Gasteiger partial charge in [0, 0.05) is 24.5 Å². The zero-order valence-corrected chi connectivity index (χ0v) is 12.7. The largest absolute Gasteiger partial charge is 0.416 e. The molecule has 2 rings (SSSR count). The Hall–Kier alpha value is -2.61. The van der Waals surface area contributed by atoms with Gasteiger partial charge in [0.25, 0.3) is 11.5 Å². The zero-order valence-electron chi connectivity index (χ0n) is 12.7. The van der Waals surface area contributed by atoms with E-state index in [-0.39, 0.29) is 17.8 Å². The van der Waals surface area contributed by atoms with Crippen LogP contribution in [0.1, 0.15) is 22.8 Å². The first-order valence-corrected chi connectivity index (χ1v) is 7.05. The third-order valence-electron chi connectivity index (χ3n) is 3.18. The molecule has 2 aromatic rings. The highest BCUT2D eigenvalue weighted by molar-refractivity contribution is 5.93. The predicted molar refractivity (Wildman–Crippen MR) is 81.1 cm³/mol. The molecule has 0 saturated heterocycles. The molecule has 1 unspecified atom stereocenters. The number of carbonyl (C=O) groups is 1. The lowest BCUT2D eigenvalue weighted by atomic mass is 10.2. The summed E-state index contributed by atoms with van der Waals surface area (Å²) in [5.74, 6) is -0.545. The molecule has 1 heterocycles. The fraction of sp³-hybridized carbons (Fsp3) is 0.250. The lowest BCUT2D eigenvalue weighted by Crippen LogP contribution is -2.31. The Morgan fingerprint density at radius 3 is 2.62 bits per heavy atom. The van der Waals surface area contributed by atoms with E-state index in [9.17, 15) is 22.8 Å². The molecule has 0 saturated carbocycles. The molecule has 0 aliphatic carbocycles. The summed E-state index contributed by atoms with van der Waals surface area (Å²) in [6.07, 6.45) is -4.12. The Kier molecular flexibility index (Phi) is 5.08. The van der Waals surface area contributed by atoms with E-state index in [1.54, 1.807) is 0 Å². The van der Waals surface area contributed by atoms with Gasteiger partial charge in [0.1, 0.15) is 0 Å². The van der Waals surface area contributed by atoms with Crippen LogP contribution in [0, 0.1) is 0 Å². The minimum Gasteiger partial charge on any atom is -0.392 e. The van der Waals surface area contributed by atoms with E-state index in [1.165, 1.54) is 25.1 Å². The molecule has 8 heteroatoms. The van der Waals surface area contributed by atoms with Crippen molar-refractivity contribution in [3.8, 4) is 5.69 Å². The molecule has 128 valence electrons. The minimum atomic E-state index is -4.54. The Morgan fingerprint density at radius 1 is 1.29 bits per heavy atom. The van der Waals surface area contributed by atoms with Crippen LogP contribution in [0.4, 0.5) is 13.2 Å². The summed E-state index contributed by atoms with van der Waals surface area (Å²) in [6, 6.07) is 6.62. The molecule has 1 atom stereocenters. The summed E-state index contributed by atoms with van der Waals surface area (Å²) in [5, 5.41) is 11.6. The van der Waals surface area contributed by atoms with Gasteiger partial charge in [-0.15, -0.1) is 0 Å². The molecule has 0 fully saturated rings. The van der Waals surface area contributed by atoms with Crippen molar-refractivity contribution in [2.45, 2.75) is 19.2 Å². The number of rotatable bonds is 4. The molecular weight excluding hydrogens is 325 g/mol. The summed E-state index contributed by atoms with van der Waals surface area (Å²) in [6.45, 7) is 1.51. The van der Waals surface area contributed by atoms with Crippen molar-refractivity contribution in [1.82, 2.24) is 9.88 Å². The number of benzene rings is 1. The highest BCUT2D eigenvalue weighted by Crippen LogP contribution is 2.30. The molecule has 0 bridgehead atoms. The van der Waals surface area contributed by atoms with Crippen LogP contribution in [0.2, 0.25) is 0 Å². The number of hydrogen-bond donors (Lipinski definition) is 2. The van der Waals surface area contributed by atoms with Gasteiger partial charge in [-0.3, -0.25) is 14.2 Å². The molecule has 0 spiro atoms. The lowest BCUT2D eigenvalue weighted by Gasteiger charge is -2.12. The summed E-state index contributed by atoms with van der Waals surface area (Å²) >= 11 is 0. The first-order chi connectivity index (χ1) is 11.2. The van der Waals surface area contributed by atoms with Crippen molar-refractivity contribution in [1.29, 1.82) is 0 Å². The van der Waals surface area contributed by atoms with Crippen molar-refractivity contribution < 1.29 is 23.1 Å². The van der Waals surface area contributed by atoms with Crippen LogP contribution in [-0.4, -0.2) is 28.2 Å². The molecule has 24 heavy (non-hydrogen) atoms. The van der Waals surface area contributed by atoms with E-state index >= 15 is 0 Å². The van der Waals surface area contributed by atoms with E-state index in [0.29, 0.717) is 0 Å². The number of nitrogens with one attached hydrogen (secondary N) is 1. The van der Waals surface area contributed by atoms with Crippen LogP contribution in [0.15, 0.2) is 47.4 Å². The van der Waals surface area contributed by atoms with Crippen LogP contribution in [-0.2, 0) is 6.18 Å². The maximum Gasteiger partial charge on any atom is 0.416 e. The number of amides is 1. The fourth-order valence-electron chi connectivity index (χ4n) is 2.00. The SMILES string of the molecule is CC(O)CNC(=O)c1ccc(=O)n(-c2cccc(C(F)(F)F)c2)c1. The number of pyridine rings is 1. The topological polar surface area (TPSA) is 71.3 Å². The number of aromatic nitrogens is 1. The second-order valence-electron chi connectivity index (χ2n) is 5.23. The second-order valence-corrected chi connectivity index (χ2v) is 5.23. The molecule has 1 aromatic heterocycles. The Labute approximate surface area is 135 Å². The van der Waals surface area contributed by atoms with Crippen molar-refractivity contribution in [3.63, 3.8) is 0 Å². The molecule has 1 amide bonds. The monoisotopic (exact) mass is 340 g/mol. The van der Waals surface area contributed by atoms with E-state index in [4.69, 9.17) is 5.11 Å². The number of aliphatic hydroxyl groups excluding tert-OH is 1.